The van der Waals surface area contributed by atoms with E-state index in [0.717, 1.165) is 64.0 Å². The Hall–Kier alpha value is -5.57. The minimum atomic E-state index is -2.67. The van der Waals surface area contributed by atoms with Crippen LogP contribution in [-0.4, -0.2) is 99.1 Å². The van der Waals surface area contributed by atoms with Crippen molar-refractivity contribution in [3.8, 4) is 11.5 Å². The minimum absolute atomic E-state index is 0.0253. The zero-order chi connectivity index (χ0) is 50.6. The molecule has 13 heteroatoms. The maximum Gasteiger partial charge on any atom is 0.264 e. The van der Waals surface area contributed by atoms with Gasteiger partial charge in [0.05, 0.1) is 64.4 Å². The summed E-state index contributed by atoms with van der Waals surface area (Å²) in [6, 6.07) is 27.1. The number of nitrogens with one attached hydrogen (secondary N) is 1. The van der Waals surface area contributed by atoms with E-state index in [4.69, 9.17) is 14.2 Å². The molecule has 71 heavy (non-hydrogen) atoms. The summed E-state index contributed by atoms with van der Waals surface area (Å²) in [5.41, 5.74) is 6.60. The summed E-state index contributed by atoms with van der Waals surface area (Å²) in [7, 11) is -1.01. The first kappa shape index (κ1) is 51.8. The highest BCUT2D eigenvalue weighted by Gasteiger charge is 2.66. The third-order valence-corrected chi connectivity index (χ3v) is 19.9. The second-order valence-corrected chi connectivity index (χ2v) is 25.4. The fraction of sp³-hybridized carbons (Fsp3) is 0.466. The first-order chi connectivity index (χ1) is 34.2. The highest BCUT2D eigenvalue weighted by atomic mass is 28.3. The summed E-state index contributed by atoms with van der Waals surface area (Å²) < 4.78 is 19.1. The van der Waals surface area contributed by atoms with Gasteiger partial charge in [0.25, 0.3) is 5.91 Å². The number of unbranched alkanes of at least 4 members (excludes halogenated alkanes) is 1. The van der Waals surface area contributed by atoms with Crippen molar-refractivity contribution in [1.82, 2.24) is 10.2 Å². The molecular formula is C58H74N4O8Si. The number of rotatable bonds is 19. The van der Waals surface area contributed by atoms with Crippen LogP contribution < -0.4 is 29.8 Å². The predicted octanol–water partition coefficient (Wildman–Crippen LogP) is 8.64. The van der Waals surface area contributed by atoms with Gasteiger partial charge in [-0.1, -0.05) is 84.9 Å². The van der Waals surface area contributed by atoms with Gasteiger partial charge in [-0.2, -0.15) is 0 Å². The molecular weight excluding hydrogens is 909 g/mol. The summed E-state index contributed by atoms with van der Waals surface area (Å²) in [5, 5.41) is 24.9. The molecule has 8 rings (SSSR count). The first-order valence-electron chi connectivity index (χ1n) is 25.7. The monoisotopic (exact) mass is 983 g/mol. The van der Waals surface area contributed by atoms with E-state index in [9.17, 15) is 15.0 Å². The second kappa shape index (κ2) is 22.0. The third kappa shape index (κ3) is 10.3. The lowest BCUT2D eigenvalue weighted by molar-refractivity contribution is -0.150. The van der Waals surface area contributed by atoms with Gasteiger partial charge in [-0.3, -0.25) is 19.3 Å². The van der Waals surface area contributed by atoms with E-state index in [1.807, 2.05) is 83.5 Å². The molecule has 0 saturated carbocycles. The zero-order valence-corrected chi connectivity index (χ0v) is 44.0. The Morgan fingerprint density at radius 2 is 1.63 bits per heavy atom. The highest BCUT2D eigenvalue weighted by molar-refractivity contribution is 6.91. The molecule has 378 valence electrons. The number of ether oxygens (including phenoxy) is 3. The molecule has 4 aromatic rings. The molecule has 3 amide bonds. The van der Waals surface area contributed by atoms with Gasteiger partial charge < -0.3 is 39.5 Å². The van der Waals surface area contributed by atoms with E-state index in [1.54, 1.807) is 12.0 Å². The molecule has 4 aliphatic rings. The Labute approximate surface area is 421 Å². The SMILES string of the molecule is CCOc1ccc2c(c1)CC(NCCCCO)C(=O)N2c1ccc2c(c1)[C@@]1(O[C@H](CC(=O)N3Cc4ccccc4C[C@H]3CO)[C@@H]([Si](C)(C)c3ccc(OC)cc3)[C@@H]1C)C(=O)N2C/C=C(\C)CCC=C(C)C. The largest absolute Gasteiger partial charge is 0.497 e. The standard InChI is InChI=1S/C58H74N4O8Si/c1-9-69-47-22-26-51-43(32-47)33-50(59-28-12-13-30-63)56(66)62(51)44-19-25-52-49(34-44)58(57(67)60(52)29-27-39(4)16-14-15-38(2)3)40(5)55(71(7,8)48-23-20-46(68-6)21-24-48)53(70-58)35-54(65)61-36-42-18-11-10-17-41(42)31-45(61)37-64/h10-11,15,17-27,32,34,40,45,50,53,55,59,63-64H,9,12-14,16,28-31,33,35-37H2,1-8H3/b39-27+/t40-,45-,50?,53+,55-,58+/m0/s1. The molecule has 4 aromatic carbocycles. The van der Waals surface area contributed by atoms with Crippen LogP contribution in [0.5, 0.6) is 11.5 Å². The van der Waals surface area contributed by atoms with Crippen molar-refractivity contribution in [2.75, 3.05) is 49.8 Å². The summed E-state index contributed by atoms with van der Waals surface area (Å²) in [5.74, 6) is 0.639. The molecule has 0 bridgehead atoms. The lowest BCUT2D eigenvalue weighted by Gasteiger charge is -2.39. The summed E-state index contributed by atoms with van der Waals surface area (Å²) in [4.78, 5) is 51.3. The number of allylic oxidation sites excluding steroid dienone is 3. The highest BCUT2D eigenvalue weighted by Crippen LogP contribution is 2.61. The normalized spacial score (nSPS) is 22.9. The van der Waals surface area contributed by atoms with E-state index in [0.29, 0.717) is 56.8 Å². The van der Waals surface area contributed by atoms with Crippen molar-refractivity contribution in [3.63, 3.8) is 0 Å². The van der Waals surface area contributed by atoms with Crippen LogP contribution in [0.15, 0.2) is 108 Å². The van der Waals surface area contributed by atoms with Crippen LogP contribution in [0.4, 0.5) is 17.1 Å². The lowest BCUT2D eigenvalue weighted by atomic mass is 9.82. The summed E-state index contributed by atoms with van der Waals surface area (Å²) in [6.45, 7) is 16.7. The molecule has 0 aromatic heterocycles. The Balaban J connectivity index is 1.26. The Bertz CT molecular complexity index is 2640. The molecule has 4 aliphatic heterocycles. The molecule has 1 fully saturated rings. The van der Waals surface area contributed by atoms with Gasteiger partial charge in [0.2, 0.25) is 11.8 Å². The van der Waals surface area contributed by atoms with Crippen molar-refractivity contribution in [1.29, 1.82) is 0 Å². The molecule has 1 unspecified atom stereocenters. The van der Waals surface area contributed by atoms with Gasteiger partial charge in [-0.25, -0.2) is 0 Å². The van der Waals surface area contributed by atoms with E-state index >= 15 is 9.59 Å². The van der Waals surface area contributed by atoms with Gasteiger partial charge in [-0.15, -0.1) is 0 Å². The third-order valence-electron chi connectivity index (χ3n) is 15.6. The molecule has 12 nitrogen and oxygen atoms in total. The number of hydrogen-bond acceptors (Lipinski definition) is 9. The number of aliphatic hydroxyl groups is 2. The maximum absolute atomic E-state index is 16.0. The van der Waals surface area contributed by atoms with Gasteiger partial charge >= 0.3 is 0 Å². The van der Waals surface area contributed by atoms with Crippen molar-refractivity contribution < 1.29 is 38.8 Å². The number of amides is 3. The van der Waals surface area contributed by atoms with E-state index in [1.165, 1.54) is 11.1 Å². The molecule has 1 saturated heterocycles. The zero-order valence-electron chi connectivity index (χ0n) is 43.0. The maximum atomic E-state index is 16.0. The molecule has 3 N–H and O–H groups in total. The van der Waals surface area contributed by atoms with Crippen LogP contribution in [0.25, 0.3) is 0 Å². The number of carbonyl (C=O) groups is 3. The second-order valence-electron chi connectivity index (χ2n) is 20.7. The quantitative estimate of drug-likeness (QED) is 0.0479. The van der Waals surface area contributed by atoms with Crippen LogP contribution >= 0.6 is 0 Å². The van der Waals surface area contributed by atoms with Crippen LogP contribution in [-0.2, 0) is 44.1 Å². The van der Waals surface area contributed by atoms with E-state index < -0.39 is 37.8 Å². The number of fused-ring (bicyclic) bond motifs is 4. The number of anilines is 3. The number of carbonyl (C=O) groups excluding carboxylic acids is 3. The topological polar surface area (TPSA) is 141 Å². The fourth-order valence-electron chi connectivity index (χ4n) is 11.8. The number of nitrogens with zero attached hydrogens (tertiary/aromatic N) is 3. The summed E-state index contributed by atoms with van der Waals surface area (Å²) in [6.07, 6.45) is 7.85. The average Bonchev–Trinajstić information content (AvgIpc) is 3.79. The molecule has 1 spiro atoms. The smallest absolute Gasteiger partial charge is 0.264 e. The fourth-order valence-corrected chi connectivity index (χ4v) is 15.8. The Kier molecular flexibility index (Phi) is 16.1. The predicted molar refractivity (Wildman–Crippen MR) is 284 cm³/mol. The van der Waals surface area contributed by atoms with Crippen LogP contribution in [0.1, 0.15) is 89.0 Å². The van der Waals surface area contributed by atoms with Gasteiger partial charge in [0.1, 0.15) is 11.5 Å². The lowest BCUT2D eigenvalue weighted by Crippen LogP contribution is -2.52. The average molecular weight is 983 g/mol. The van der Waals surface area contributed by atoms with Crippen LogP contribution in [0.3, 0.4) is 0 Å². The summed E-state index contributed by atoms with van der Waals surface area (Å²) >= 11 is 0. The number of hydrogen-bond donors (Lipinski definition) is 3. The van der Waals surface area contributed by atoms with E-state index in [2.05, 4.69) is 76.5 Å². The van der Waals surface area contributed by atoms with Crippen molar-refractivity contribution >= 4 is 48.0 Å². The van der Waals surface area contributed by atoms with E-state index in [-0.39, 0.29) is 42.9 Å². The van der Waals surface area contributed by atoms with Crippen LogP contribution in [0.2, 0.25) is 18.6 Å². The minimum Gasteiger partial charge on any atom is -0.497 e. The van der Waals surface area contributed by atoms with Gasteiger partial charge in [0, 0.05) is 36.9 Å². The van der Waals surface area contributed by atoms with Gasteiger partial charge in [0.15, 0.2) is 5.60 Å². The molecule has 6 atom stereocenters. The Morgan fingerprint density at radius 3 is 2.34 bits per heavy atom. The first-order valence-corrected chi connectivity index (χ1v) is 28.7. The van der Waals surface area contributed by atoms with Crippen molar-refractivity contribution in [3.05, 3.63) is 130 Å². The molecule has 4 heterocycles. The molecule has 0 radical (unpaired) electrons. The molecule has 0 aliphatic carbocycles. The van der Waals surface area contributed by atoms with Crippen molar-refractivity contribution in [2.24, 2.45) is 5.92 Å². The number of aliphatic hydroxyl groups excluding tert-OH is 2. The number of methoxy groups -OCH3 is 1. The van der Waals surface area contributed by atoms with Crippen LogP contribution in [0, 0.1) is 5.92 Å². The van der Waals surface area contributed by atoms with Gasteiger partial charge in [-0.05, 0) is 144 Å². The Morgan fingerprint density at radius 1 is 0.901 bits per heavy atom. The number of benzene rings is 4. The van der Waals surface area contributed by atoms with Crippen molar-refractivity contribution in [2.45, 2.75) is 129 Å².